The fourth-order valence-electron chi connectivity index (χ4n) is 3.35. The molecule has 0 aliphatic rings. The van der Waals surface area contributed by atoms with Crippen molar-refractivity contribution < 1.29 is 54.3 Å². The molecule has 2 aromatic carbocycles. The molecular weight excluding hydrogens is 624 g/mol. The smallest absolute Gasteiger partial charge is 0.475 e. The predicted octanol–water partition coefficient (Wildman–Crippen LogP) is 4.06. The van der Waals surface area contributed by atoms with Gasteiger partial charge in [0.05, 0.1) is 16.5 Å². The monoisotopic (exact) mass is 647 g/mol. The van der Waals surface area contributed by atoms with Crippen molar-refractivity contribution in [1.29, 1.82) is 5.41 Å². The van der Waals surface area contributed by atoms with Crippen molar-refractivity contribution >= 4 is 39.1 Å². The van der Waals surface area contributed by atoms with Crippen molar-refractivity contribution in [2.24, 2.45) is 5.73 Å². The molecule has 3 aromatic rings. The first-order valence-electron chi connectivity index (χ1n) is 11.9. The van der Waals surface area contributed by atoms with E-state index in [0.717, 1.165) is 24.4 Å². The lowest BCUT2D eigenvalue weighted by Gasteiger charge is -2.19. The van der Waals surface area contributed by atoms with E-state index in [1.165, 1.54) is 43.3 Å². The number of benzene rings is 2. The largest absolute Gasteiger partial charge is 0.490 e. The molecule has 1 atom stereocenters. The predicted molar refractivity (Wildman–Crippen MR) is 142 cm³/mol. The molecule has 1 aromatic heterocycles. The summed E-state index contributed by atoms with van der Waals surface area (Å²) in [7, 11) is -4.56. The van der Waals surface area contributed by atoms with Crippen molar-refractivity contribution in [1.82, 2.24) is 10.3 Å². The number of aromatic nitrogens is 1. The number of amides is 2. The highest BCUT2D eigenvalue weighted by molar-refractivity contribution is 7.91. The van der Waals surface area contributed by atoms with Crippen LogP contribution in [-0.4, -0.2) is 48.3 Å². The fourth-order valence-corrected chi connectivity index (χ4v) is 4.75. The molecule has 0 aliphatic carbocycles. The van der Waals surface area contributed by atoms with Gasteiger partial charge in [0, 0.05) is 17.4 Å². The van der Waals surface area contributed by atoms with Crippen LogP contribution in [0.2, 0.25) is 0 Å². The number of halogens is 6. The van der Waals surface area contributed by atoms with Crippen LogP contribution in [-0.2, 0) is 30.4 Å². The zero-order valence-electron chi connectivity index (χ0n) is 22.3. The molecule has 0 bridgehead atoms. The van der Waals surface area contributed by atoms with Crippen molar-refractivity contribution in [3.63, 3.8) is 0 Å². The van der Waals surface area contributed by atoms with E-state index in [1.807, 2.05) is 0 Å². The molecule has 0 saturated carbocycles. The van der Waals surface area contributed by atoms with Gasteiger partial charge in [-0.25, -0.2) is 18.2 Å². The van der Waals surface area contributed by atoms with E-state index in [-0.39, 0.29) is 11.4 Å². The first-order chi connectivity index (χ1) is 20.2. The lowest BCUT2D eigenvalue weighted by atomic mass is 10.0. The minimum absolute atomic E-state index is 0.0131. The highest BCUT2D eigenvalue weighted by atomic mass is 32.2. The van der Waals surface area contributed by atoms with Gasteiger partial charge >= 0.3 is 18.3 Å². The molecule has 0 fully saturated rings. The Balaban J connectivity index is 0.000000860. The molecule has 0 aliphatic heterocycles. The molecule has 44 heavy (non-hydrogen) atoms. The Kier molecular flexibility index (Phi) is 11.2. The Hall–Kier alpha value is -5.00. The molecule has 2 amide bonds. The number of alkyl halides is 6. The number of carboxylic acid groups (broad SMARTS) is 1. The number of nitrogens with zero attached hydrogens (tertiary/aromatic N) is 1. The second kappa shape index (κ2) is 14.0. The standard InChI is InChI=1S/C24H22F3N5O4S.C2HF3O2/c1-14(31-20(33)13-21(34)32-17-8-5-15(6-9-17)23(28)29)16-7-10-19(18(12-16)24(25,26)27)37(35,36)22-4-2-3-11-30-22;3-2(4,5)1(6)7/h2-12,14H,13H2,1H3,(H3,28,29)(H,31,33)(H,32,34);(H,6,7)/t14-;/m0./s1. The second-order valence-corrected chi connectivity index (χ2v) is 10.6. The molecule has 18 heteroatoms. The molecule has 0 saturated heterocycles. The lowest BCUT2D eigenvalue weighted by molar-refractivity contribution is -0.192. The summed E-state index contributed by atoms with van der Waals surface area (Å²) in [5.41, 5.74) is 4.75. The minimum atomic E-state index is -5.08. The van der Waals surface area contributed by atoms with Crippen LogP contribution in [0, 0.1) is 5.41 Å². The molecule has 1 heterocycles. The maximum absolute atomic E-state index is 13.8. The third-order valence-electron chi connectivity index (χ3n) is 5.43. The SMILES string of the molecule is C[C@H](NC(=O)CC(=O)Nc1ccc(C(=N)N)cc1)c1ccc(S(=O)(=O)c2ccccn2)c(C(F)(F)F)c1.O=C(O)C(F)(F)F. The zero-order valence-corrected chi connectivity index (χ0v) is 23.1. The number of aliphatic carboxylic acids is 1. The Bertz CT molecular complexity index is 1630. The van der Waals surface area contributed by atoms with Gasteiger partial charge in [-0.05, 0) is 61.0 Å². The summed E-state index contributed by atoms with van der Waals surface area (Å²) in [6.07, 6.45) is -9.55. The van der Waals surface area contributed by atoms with Crippen LogP contribution in [0.4, 0.5) is 32.0 Å². The summed E-state index contributed by atoms with van der Waals surface area (Å²) in [6.45, 7) is 1.40. The number of amidine groups is 1. The van der Waals surface area contributed by atoms with Crippen molar-refractivity contribution in [3.05, 3.63) is 83.6 Å². The van der Waals surface area contributed by atoms with Crippen LogP contribution in [0.1, 0.15) is 36.1 Å². The van der Waals surface area contributed by atoms with E-state index in [0.29, 0.717) is 17.3 Å². The van der Waals surface area contributed by atoms with Gasteiger partial charge in [0.1, 0.15) is 12.3 Å². The van der Waals surface area contributed by atoms with Crippen LogP contribution in [0.3, 0.4) is 0 Å². The van der Waals surface area contributed by atoms with Crippen molar-refractivity contribution in [2.75, 3.05) is 5.32 Å². The third-order valence-corrected chi connectivity index (χ3v) is 7.16. The molecular formula is C26H23F6N5O6S. The van der Waals surface area contributed by atoms with E-state index >= 15 is 0 Å². The molecule has 0 unspecified atom stereocenters. The van der Waals surface area contributed by atoms with Crippen LogP contribution in [0.15, 0.2) is 76.8 Å². The Morgan fingerprint density at radius 1 is 0.977 bits per heavy atom. The van der Waals surface area contributed by atoms with Crippen LogP contribution >= 0.6 is 0 Å². The van der Waals surface area contributed by atoms with Gasteiger partial charge in [-0.15, -0.1) is 0 Å². The second-order valence-electron chi connectivity index (χ2n) is 8.73. The highest BCUT2D eigenvalue weighted by Crippen LogP contribution is 2.37. The number of nitrogen functional groups attached to an aromatic ring is 1. The maximum atomic E-state index is 13.8. The molecule has 0 radical (unpaired) electrons. The Morgan fingerprint density at radius 2 is 1.57 bits per heavy atom. The van der Waals surface area contributed by atoms with Crippen LogP contribution in [0.25, 0.3) is 0 Å². The topological polar surface area (TPSA) is 192 Å². The number of nitrogens with one attached hydrogen (secondary N) is 3. The summed E-state index contributed by atoms with van der Waals surface area (Å²) >= 11 is 0. The number of carbonyl (C=O) groups excluding carboxylic acids is 2. The number of nitrogens with two attached hydrogens (primary N) is 1. The van der Waals surface area contributed by atoms with E-state index < -0.39 is 67.9 Å². The van der Waals surface area contributed by atoms with Gasteiger partial charge in [0.25, 0.3) is 0 Å². The fraction of sp³-hybridized carbons (Fsp3) is 0.192. The Morgan fingerprint density at radius 3 is 2.05 bits per heavy atom. The zero-order chi connectivity index (χ0) is 33.5. The van der Waals surface area contributed by atoms with Gasteiger partial charge in [-0.2, -0.15) is 26.3 Å². The number of sulfone groups is 1. The summed E-state index contributed by atoms with van der Waals surface area (Å²) < 4.78 is 98.7. The normalized spacial score (nSPS) is 12.2. The highest BCUT2D eigenvalue weighted by Gasteiger charge is 2.39. The summed E-state index contributed by atoms with van der Waals surface area (Å²) in [6, 6.07) is 11.5. The number of carboxylic acids is 1. The average Bonchev–Trinajstić information content (AvgIpc) is 2.92. The summed E-state index contributed by atoms with van der Waals surface area (Å²) in [5.74, 6) is -4.34. The maximum Gasteiger partial charge on any atom is 0.490 e. The van der Waals surface area contributed by atoms with Gasteiger partial charge in [-0.1, -0.05) is 12.1 Å². The molecule has 236 valence electrons. The van der Waals surface area contributed by atoms with E-state index in [4.69, 9.17) is 21.0 Å². The first kappa shape index (κ1) is 35.2. The number of hydrogen-bond acceptors (Lipinski definition) is 7. The summed E-state index contributed by atoms with van der Waals surface area (Å²) in [5, 5.41) is 18.9. The summed E-state index contributed by atoms with van der Waals surface area (Å²) in [4.78, 5) is 36.1. The Labute approximate surface area is 245 Å². The molecule has 0 spiro atoms. The lowest BCUT2D eigenvalue weighted by Crippen LogP contribution is -2.30. The minimum Gasteiger partial charge on any atom is -0.475 e. The molecule has 6 N–H and O–H groups in total. The molecule has 3 rings (SSSR count). The van der Waals surface area contributed by atoms with E-state index in [2.05, 4.69) is 15.6 Å². The third kappa shape index (κ3) is 9.79. The number of rotatable bonds is 8. The van der Waals surface area contributed by atoms with Crippen LogP contribution < -0.4 is 16.4 Å². The van der Waals surface area contributed by atoms with Crippen LogP contribution in [0.5, 0.6) is 0 Å². The van der Waals surface area contributed by atoms with Crippen molar-refractivity contribution in [3.8, 4) is 0 Å². The van der Waals surface area contributed by atoms with Gasteiger partial charge in [0.15, 0.2) is 5.03 Å². The van der Waals surface area contributed by atoms with Gasteiger partial charge in [-0.3, -0.25) is 15.0 Å². The first-order valence-corrected chi connectivity index (χ1v) is 13.4. The van der Waals surface area contributed by atoms with Crippen molar-refractivity contribution in [2.45, 2.75) is 41.7 Å². The van der Waals surface area contributed by atoms with E-state index in [9.17, 15) is 44.3 Å². The number of pyridine rings is 1. The quantitative estimate of drug-likeness (QED) is 0.105. The number of carbonyl (C=O) groups is 3. The number of anilines is 1. The van der Waals surface area contributed by atoms with Gasteiger partial charge < -0.3 is 21.5 Å². The number of hydrogen-bond donors (Lipinski definition) is 5. The van der Waals surface area contributed by atoms with E-state index in [1.54, 1.807) is 0 Å². The average molecular weight is 648 g/mol. The molecule has 11 nitrogen and oxygen atoms in total. The van der Waals surface area contributed by atoms with Gasteiger partial charge in [0.2, 0.25) is 21.7 Å².